The minimum Gasteiger partial charge on any atom is -0.512 e. The van der Waals surface area contributed by atoms with E-state index in [1.165, 1.54) is 19.4 Å². The maximum absolute atomic E-state index is 12.3. The van der Waals surface area contributed by atoms with E-state index in [-0.39, 0.29) is 38.1 Å². The zero-order chi connectivity index (χ0) is 34.0. The number of allylic oxidation sites excluding steroid dienone is 2. The Morgan fingerprint density at radius 3 is 2.28 bits per heavy atom. The van der Waals surface area contributed by atoms with Gasteiger partial charge in [-0.2, -0.15) is 0 Å². The second-order valence-electron chi connectivity index (χ2n) is 15.8. The predicted molar refractivity (Wildman–Crippen MR) is 182 cm³/mol. The Bertz CT molecular complexity index is 1460. The van der Waals surface area contributed by atoms with E-state index in [0.29, 0.717) is 29.8 Å². The Morgan fingerprint density at radius 1 is 1.02 bits per heavy atom. The van der Waals surface area contributed by atoms with Crippen LogP contribution in [0.25, 0.3) is 0 Å². The van der Waals surface area contributed by atoms with Gasteiger partial charge in [0.25, 0.3) is 0 Å². The van der Waals surface area contributed by atoms with Crippen molar-refractivity contribution >= 4 is 23.7 Å². The molecule has 254 valence electrons. The molecule has 4 aliphatic carbocycles. The van der Waals surface area contributed by atoms with Gasteiger partial charge >= 0.3 is 11.9 Å². The summed E-state index contributed by atoms with van der Waals surface area (Å²) in [6.45, 7) is 22.7. The smallest absolute Gasteiger partial charge is 0.308 e. The number of rotatable bonds is 8. The Balaban J connectivity index is 1.68. The molecular weight excluding hydrogens is 600 g/mol. The van der Waals surface area contributed by atoms with Gasteiger partial charge in [0.15, 0.2) is 17.8 Å². The molecule has 3 fully saturated rings. The van der Waals surface area contributed by atoms with Crippen molar-refractivity contribution in [1.82, 2.24) is 0 Å². The van der Waals surface area contributed by atoms with Gasteiger partial charge in [0.2, 0.25) is 0 Å². The molecule has 1 aromatic rings. The van der Waals surface area contributed by atoms with Gasteiger partial charge in [0.1, 0.15) is 0 Å². The molecule has 0 heterocycles. The largest absolute Gasteiger partial charge is 0.512 e. The minimum absolute atomic E-state index is 0.00390. The quantitative estimate of drug-likeness (QED) is 0.0717. The first-order valence-corrected chi connectivity index (χ1v) is 17.9. The van der Waals surface area contributed by atoms with Gasteiger partial charge in [-0.05, 0) is 98.1 Å². The zero-order valence-corrected chi connectivity index (χ0v) is 30.1. The van der Waals surface area contributed by atoms with Gasteiger partial charge in [-0.1, -0.05) is 52.8 Å². The van der Waals surface area contributed by atoms with Crippen LogP contribution in [0, 0.1) is 34.5 Å². The van der Waals surface area contributed by atoms with Gasteiger partial charge < -0.3 is 24.4 Å². The van der Waals surface area contributed by atoms with Gasteiger partial charge in [-0.3, -0.25) is 9.59 Å². The van der Waals surface area contributed by atoms with Gasteiger partial charge in [0, 0.05) is 41.2 Å². The van der Waals surface area contributed by atoms with Crippen molar-refractivity contribution in [2.24, 2.45) is 27.6 Å². The lowest BCUT2D eigenvalue weighted by Crippen LogP contribution is -2.62. The highest BCUT2D eigenvalue weighted by Crippen LogP contribution is 2.75. The second kappa shape index (κ2) is 12.0. The summed E-state index contributed by atoms with van der Waals surface area (Å²) in [4.78, 5) is 24.5. The third kappa shape index (κ3) is 5.54. The van der Waals surface area contributed by atoms with Crippen LogP contribution < -0.4 is 9.47 Å². The SMILES string of the molecule is C=C(O)[C@]1(C)CC[C@]2(C)CC[C@]3(C)C4=CC(SCCOC(C)O)c5c(cc(OC(C)=O)c(OC(C)=O)c5C)[C@]4(C)CC[C@@]3(C)[C@@H]2C1. The van der Waals surface area contributed by atoms with Gasteiger partial charge in [-0.25, -0.2) is 0 Å². The average Bonchev–Trinajstić information content (AvgIpc) is 2.95. The monoisotopic (exact) mass is 654 g/mol. The molecule has 3 saturated carbocycles. The lowest BCUT2D eigenvalue weighted by molar-refractivity contribution is -0.157. The maximum atomic E-state index is 12.3. The molecule has 2 unspecified atom stereocenters. The van der Waals surface area contributed by atoms with Crippen LogP contribution in [0.15, 0.2) is 30.1 Å². The number of ether oxygens (including phenoxy) is 3. The number of hydrogen-bond acceptors (Lipinski definition) is 8. The number of esters is 2. The normalized spacial score (nSPS) is 37.0. The molecule has 0 spiro atoms. The first kappa shape index (κ1) is 35.0. The van der Waals surface area contributed by atoms with Crippen LogP contribution in [0.4, 0.5) is 0 Å². The lowest BCUT2D eigenvalue weighted by atomic mass is 9.34. The van der Waals surface area contributed by atoms with Crippen LogP contribution in [-0.4, -0.2) is 40.8 Å². The number of aliphatic hydroxyl groups excluding tert-OH is 2. The average molecular weight is 655 g/mol. The van der Waals surface area contributed by atoms with E-state index in [2.05, 4.69) is 47.3 Å². The zero-order valence-electron chi connectivity index (χ0n) is 29.3. The maximum Gasteiger partial charge on any atom is 0.308 e. The van der Waals surface area contributed by atoms with Crippen LogP contribution in [0.5, 0.6) is 11.5 Å². The van der Waals surface area contributed by atoms with Crippen LogP contribution in [0.3, 0.4) is 0 Å². The number of benzene rings is 1. The van der Waals surface area contributed by atoms with Crippen LogP contribution >= 0.6 is 11.8 Å². The van der Waals surface area contributed by atoms with E-state index >= 15 is 0 Å². The molecule has 7 nitrogen and oxygen atoms in total. The third-order valence-electron chi connectivity index (χ3n) is 13.0. The van der Waals surface area contributed by atoms with E-state index < -0.39 is 18.2 Å². The summed E-state index contributed by atoms with van der Waals surface area (Å²) in [6.07, 6.45) is 8.79. The topological polar surface area (TPSA) is 102 Å². The second-order valence-corrected chi connectivity index (χ2v) is 17.1. The van der Waals surface area contributed by atoms with Crippen LogP contribution in [0.2, 0.25) is 0 Å². The standard InChI is InChI=1S/C38H54O7S/c1-22-32-27(19-28(44-25(4)41)33(22)45-26(5)42)36(8)14-16-38(10)31-21-35(7,23(2)39)12-11-34(31,6)13-15-37(38,9)30(36)20-29(32)46-18-17-43-24(3)40/h19-20,24,29,31,39-40H,2,11-18,21H2,1,3-10H3/t24?,29?,31-,34-,35-,36+,37-,38+/m1/s1. The summed E-state index contributed by atoms with van der Waals surface area (Å²) < 4.78 is 17.0. The lowest BCUT2D eigenvalue weighted by Gasteiger charge is -2.70. The summed E-state index contributed by atoms with van der Waals surface area (Å²) in [5, 5.41) is 20.4. The Morgan fingerprint density at radius 2 is 1.67 bits per heavy atom. The highest BCUT2D eigenvalue weighted by atomic mass is 32.2. The van der Waals surface area contributed by atoms with Crippen molar-refractivity contribution in [3.63, 3.8) is 0 Å². The van der Waals surface area contributed by atoms with Crippen LogP contribution in [0.1, 0.15) is 122 Å². The van der Waals surface area contributed by atoms with Gasteiger partial charge in [-0.15, -0.1) is 11.8 Å². The minimum atomic E-state index is -0.838. The van der Waals surface area contributed by atoms with E-state index in [9.17, 15) is 19.8 Å². The Labute approximate surface area is 279 Å². The number of thioether (sulfide) groups is 1. The number of carbonyl (C=O) groups is 2. The molecule has 0 aromatic heterocycles. The number of carbonyl (C=O) groups excluding carboxylic acids is 2. The van der Waals surface area contributed by atoms with Crippen LogP contribution in [-0.2, 0) is 19.7 Å². The third-order valence-corrected chi connectivity index (χ3v) is 14.1. The first-order valence-electron chi connectivity index (χ1n) is 16.9. The summed E-state index contributed by atoms with van der Waals surface area (Å²) in [5.41, 5.74) is 3.92. The molecule has 0 amide bonds. The van der Waals surface area contributed by atoms with Crippen molar-refractivity contribution in [1.29, 1.82) is 0 Å². The molecular formula is C38H54O7S. The molecule has 0 aliphatic heterocycles. The summed E-state index contributed by atoms with van der Waals surface area (Å²) >= 11 is 1.76. The van der Waals surface area contributed by atoms with Crippen molar-refractivity contribution in [3.05, 3.63) is 46.7 Å². The fraction of sp³-hybridized carbons (Fsp3) is 0.684. The molecule has 8 atom stereocenters. The highest BCUT2D eigenvalue weighted by molar-refractivity contribution is 7.99. The molecule has 5 rings (SSSR count). The fourth-order valence-electron chi connectivity index (χ4n) is 9.96. The van der Waals surface area contributed by atoms with Crippen molar-refractivity contribution in [2.75, 3.05) is 12.4 Å². The summed E-state index contributed by atoms with van der Waals surface area (Å²) in [5.74, 6) is 1.02. The number of fused-ring (bicyclic) bond motifs is 7. The molecule has 1 aromatic carbocycles. The molecule has 8 heteroatoms. The molecule has 46 heavy (non-hydrogen) atoms. The summed E-state index contributed by atoms with van der Waals surface area (Å²) in [7, 11) is 0. The van der Waals surface area contributed by atoms with E-state index in [4.69, 9.17) is 14.2 Å². The predicted octanol–water partition coefficient (Wildman–Crippen LogP) is 8.66. The number of hydrogen-bond donors (Lipinski definition) is 2. The Hall–Kier alpha value is -2.29. The fourth-order valence-corrected chi connectivity index (χ4v) is 11.1. The van der Waals surface area contributed by atoms with Gasteiger partial charge in [0.05, 0.1) is 12.4 Å². The Kier molecular flexibility index (Phi) is 9.13. The molecule has 0 radical (unpaired) electrons. The molecule has 4 aliphatic rings. The highest BCUT2D eigenvalue weighted by Gasteiger charge is 2.67. The van der Waals surface area contributed by atoms with E-state index in [0.717, 1.165) is 61.6 Å². The summed E-state index contributed by atoms with van der Waals surface area (Å²) in [6, 6.07) is 1.96. The van der Waals surface area contributed by atoms with Crippen molar-refractivity contribution in [3.8, 4) is 11.5 Å². The molecule has 0 bridgehead atoms. The van der Waals surface area contributed by atoms with E-state index in [1.807, 2.05) is 13.0 Å². The molecule has 2 N–H and O–H groups in total. The number of aliphatic hydroxyl groups is 2. The molecule has 0 saturated heterocycles. The van der Waals surface area contributed by atoms with E-state index in [1.54, 1.807) is 18.7 Å². The van der Waals surface area contributed by atoms with Crippen molar-refractivity contribution < 1.29 is 34.0 Å². The first-order chi connectivity index (χ1) is 21.3. The van der Waals surface area contributed by atoms with Crippen molar-refractivity contribution in [2.45, 2.75) is 124 Å².